The average molecular weight is 310 g/mol. The maximum absolute atomic E-state index is 5.65. The van der Waals surface area contributed by atoms with Gasteiger partial charge in [0.1, 0.15) is 18.1 Å². The molecule has 2 rings (SSSR count). The summed E-state index contributed by atoms with van der Waals surface area (Å²) in [5, 5.41) is 3.25. The number of ether oxygens (including phenoxy) is 1. The van der Waals surface area contributed by atoms with Crippen molar-refractivity contribution in [1.29, 1.82) is 0 Å². The summed E-state index contributed by atoms with van der Waals surface area (Å²) < 4.78 is 12.1. The Labute approximate surface area is 115 Å². The molecule has 0 aliphatic rings. The Bertz CT molecular complexity index is 496. The zero-order valence-electron chi connectivity index (χ0n) is 10.3. The van der Waals surface area contributed by atoms with Crippen molar-refractivity contribution >= 4 is 15.9 Å². The number of nitrogens with one attached hydrogen (secondary N) is 1. The van der Waals surface area contributed by atoms with Crippen molar-refractivity contribution in [3.63, 3.8) is 0 Å². The van der Waals surface area contributed by atoms with E-state index in [4.69, 9.17) is 9.15 Å². The van der Waals surface area contributed by atoms with Gasteiger partial charge in [-0.3, -0.25) is 0 Å². The maximum atomic E-state index is 5.65. The van der Waals surface area contributed by atoms with Gasteiger partial charge in [-0.15, -0.1) is 0 Å². The average Bonchev–Trinajstić information content (AvgIpc) is 2.82. The van der Waals surface area contributed by atoms with Crippen LogP contribution in [-0.2, 0) is 13.2 Å². The highest BCUT2D eigenvalue weighted by molar-refractivity contribution is 9.10. The van der Waals surface area contributed by atoms with Crippen LogP contribution in [0.5, 0.6) is 5.75 Å². The normalized spacial score (nSPS) is 10.6. The molecule has 1 heterocycles. The van der Waals surface area contributed by atoms with E-state index < -0.39 is 0 Å². The summed E-state index contributed by atoms with van der Waals surface area (Å²) in [6, 6.07) is 9.78. The molecule has 1 aromatic heterocycles. The molecule has 0 atom stereocenters. The summed E-state index contributed by atoms with van der Waals surface area (Å²) in [4.78, 5) is 0. The van der Waals surface area contributed by atoms with Crippen LogP contribution in [0.15, 0.2) is 45.5 Å². The van der Waals surface area contributed by atoms with E-state index in [1.807, 2.05) is 30.3 Å². The van der Waals surface area contributed by atoms with E-state index >= 15 is 0 Å². The Hall–Kier alpha value is -1.26. The molecule has 0 saturated heterocycles. The van der Waals surface area contributed by atoms with Crippen LogP contribution in [0.25, 0.3) is 0 Å². The van der Waals surface area contributed by atoms with Gasteiger partial charge < -0.3 is 14.5 Å². The first-order valence-corrected chi connectivity index (χ1v) is 6.72. The first kappa shape index (κ1) is 13.2. The van der Waals surface area contributed by atoms with Gasteiger partial charge in [-0.05, 0) is 30.8 Å². The van der Waals surface area contributed by atoms with E-state index in [1.54, 1.807) is 6.26 Å². The molecule has 2 aromatic rings. The van der Waals surface area contributed by atoms with Gasteiger partial charge in [0.15, 0.2) is 0 Å². The predicted octanol–water partition coefficient (Wildman–Crippen LogP) is 3.73. The number of rotatable bonds is 6. The molecular weight excluding hydrogens is 294 g/mol. The van der Waals surface area contributed by atoms with E-state index in [0.717, 1.165) is 34.6 Å². The topological polar surface area (TPSA) is 34.4 Å². The van der Waals surface area contributed by atoms with Crippen LogP contribution in [0.2, 0.25) is 0 Å². The third kappa shape index (κ3) is 3.89. The van der Waals surface area contributed by atoms with Crippen molar-refractivity contribution in [1.82, 2.24) is 5.32 Å². The highest BCUT2D eigenvalue weighted by Gasteiger charge is 2.02. The molecule has 0 radical (unpaired) electrons. The molecule has 4 heteroatoms. The summed E-state index contributed by atoms with van der Waals surface area (Å²) in [5.74, 6) is 1.66. The number of hydrogen-bond donors (Lipinski definition) is 1. The minimum atomic E-state index is 0.447. The third-order valence-electron chi connectivity index (χ3n) is 2.46. The molecule has 0 bridgehead atoms. The lowest BCUT2D eigenvalue weighted by Crippen LogP contribution is -2.10. The van der Waals surface area contributed by atoms with Gasteiger partial charge in [0.05, 0.1) is 6.26 Å². The van der Waals surface area contributed by atoms with Crippen molar-refractivity contribution in [3.05, 3.63) is 52.4 Å². The molecule has 1 aromatic carbocycles. The fourth-order valence-corrected chi connectivity index (χ4v) is 1.95. The fraction of sp³-hybridized carbons (Fsp3) is 0.286. The lowest BCUT2D eigenvalue weighted by molar-refractivity contribution is 0.270. The highest BCUT2D eigenvalue weighted by atomic mass is 79.9. The molecule has 96 valence electrons. The molecule has 3 nitrogen and oxygen atoms in total. The molecule has 0 aliphatic carbocycles. The Kier molecular flexibility index (Phi) is 4.84. The zero-order chi connectivity index (χ0) is 12.8. The number of furan rings is 1. The quantitative estimate of drug-likeness (QED) is 0.883. The minimum Gasteiger partial charge on any atom is -0.486 e. The fourth-order valence-electron chi connectivity index (χ4n) is 1.58. The Morgan fingerprint density at radius 3 is 3.00 bits per heavy atom. The van der Waals surface area contributed by atoms with Crippen LogP contribution in [0.4, 0.5) is 0 Å². The SMILES string of the molecule is CCNCc1coc(COc2cccc(Br)c2)c1. The van der Waals surface area contributed by atoms with Gasteiger partial charge in [-0.1, -0.05) is 28.9 Å². The number of halogens is 1. The van der Waals surface area contributed by atoms with Crippen LogP contribution < -0.4 is 10.1 Å². The van der Waals surface area contributed by atoms with E-state index in [2.05, 4.69) is 28.2 Å². The highest BCUT2D eigenvalue weighted by Crippen LogP contribution is 2.19. The molecule has 0 aliphatic heterocycles. The summed E-state index contributed by atoms with van der Waals surface area (Å²) in [5.41, 5.74) is 1.14. The Morgan fingerprint density at radius 1 is 1.33 bits per heavy atom. The molecule has 0 fully saturated rings. The standard InChI is InChI=1S/C14H16BrNO2/c1-2-16-8-11-6-14(17-9-11)10-18-13-5-3-4-12(15)7-13/h3-7,9,16H,2,8,10H2,1H3. The summed E-state index contributed by atoms with van der Waals surface area (Å²) in [7, 11) is 0. The lowest BCUT2D eigenvalue weighted by atomic mass is 10.3. The first-order chi connectivity index (χ1) is 8.78. The second kappa shape index (κ2) is 6.61. The van der Waals surface area contributed by atoms with Gasteiger partial charge in [-0.25, -0.2) is 0 Å². The minimum absolute atomic E-state index is 0.447. The van der Waals surface area contributed by atoms with Gasteiger partial charge >= 0.3 is 0 Å². The summed E-state index contributed by atoms with van der Waals surface area (Å²) in [6.07, 6.45) is 1.77. The molecule has 1 N–H and O–H groups in total. The van der Waals surface area contributed by atoms with Crippen molar-refractivity contribution < 1.29 is 9.15 Å². The Balaban J connectivity index is 1.88. The van der Waals surface area contributed by atoms with Gasteiger partial charge in [-0.2, -0.15) is 0 Å². The maximum Gasteiger partial charge on any atom is 0.146 e. The molecule has 0 saturated carbocycles. The second-order valence-corrected chi connectivity index (χ2v) is 4.86. The van der Waals surface area contributed by atoms with Crippen molar-refractivity contribution in [2.24, 2.45) is 0 Å². The lowest BCUT2D eigenvalue weighted by Gasteiger charge is -2.03. The van der Waals surface area contributed by atoms with Gasteiger partial charge in [0, 0.05) is 16.6 Å². The summed E-state index contributed by atoms with van der Waals surface area (Å²) >= 11 is 3.41. The van der Waals surface area contributed by atoms with Crippen molar-refractivity contribution in [2.75, 3.05) is 6.54 Å². The second-order valence-electron chi connectivity index (χ2n) is 3.95. The molecule has 0 amide bonds. The zero-order valence-corrected chi connectivity index (χ0v) is 11.9. The first-order valence-electron chi connectivity index (χ1n) is 5.93. The largest absolute Gasteiger partial charge is 0.486 e. The summed E-state index contributed by atoms with van der Waals surface area (Å²) in [6.45, 7) is 4.31. The van der Waals surface area contributed by atoms with Crippen LogP contribution in [0.1, 0.15) is 18.2 Å². The van der Waals surface area contributed by atoms with Gasteiger partial charge in [0.2, 0.25) is 0 Å². The molecule has 18 heavy (non-hydrogen) atoms. The smallest absolute Gasteiger partial charge is 0.146 e. The monoisotopic (exact) mass is 309 g/mol. The van der Waals surface area contributed by atoms with E-state index in [-0.39, 0.29) is 0 Å². The van der Waals surface area contributed by atoms with Crippen LogP contribution in [0, 0.1) is 0 Å². The van der Waals surface area contributed by atoms with E-state index in [9.17, 15) is 0 Å². The van der Waals surface area contributed by atoms with Crippen molar-refractivity contribution in [3.8, 4) is 5.75 Å². The molecule has 0 spiro atoms. The number of benzene rings is 1. The number of hydrogen-bond acceptors (Lipinski definition) is 3. The third-order valence-corrected chi connectivity index (χ3v) is 2.96. The molecule has 0 unspecified atom stereocenters. The van der Waals surface area contributed by atoms with Crippen LogP contribution in [-0.4, -0.2) is 6.54 Å². The van der Waals surface area contributed by atoms with Gasteiger partial charge in [0.25, 0.3) is 0 Å². The van der Waals surface area contributed by atoms with E-state index in [1.165, 1.54) is 0 Å². The van der Waals surface area contributed by atoms with E-state index in [0.29, 0.717) is 6.61 Å². The van der Waals surface area contributed by atoms with Crippen molar-refractivity contribution in [2.45, 2.75) is 20.1 Å². The Morgan fingerprint density at radius 2 is 2.22 bits per heavy atom. The predicted molar refractivity (Wildman–Crippen MR) is 74.6 cm³/mol. The van der Waals surface area contributed by atoms with Crippen LogP contribution in [0.3, 0.4) is 0 Å². The molecular formula is C14H16BrNO2. The van der Waals surface area contributed by atoms with Crippen LogP contribution >= 0.6 is 15.9 Å².